The molecule has 13 rings (SSSR count). The number of para-hydroxylation sites is 4. The van der Waals surface area contributed by atoms with Crippen molar-refractivity contribution < 1.29 is 9.15 Å². The van der Waals surface area contributed by atoms with Crippen LogP contribution in [0.1, 0.15) is 0 Å². The van der Waals surface area contributed by atoms with Crippen LogP contribution in [-0.4, -0.2) is 19.5 Å². The summed E-state index contributed by atoms with van der Waals surface area (Å²) in [6, 6.07) is 73.4. The predicted molar refractivity (Wildman–Crippen MR) is 258 cm³/mol. The van der Waals surface area contributed by atoms with Crippen molar-refractivity contribution in [1.29, 1.82) is 0 Å². The number of hydrogen-bond donors (Lipinski definition) is 0. The number of furan rings is 1. The van der Waals surface area contributed by atoms with Crippen LogP contribution in [0.4, 0.5) is 17.3 Å². The van der Waals surface area contributed by atoms with Gasteiger partial charge in [-0.05, 0) is 89.0 Å². The van der Waals surface area contributed by atoms with Crippen molar-refractivity contribution in [3.05, 3.63) is 212 Å². The van der Waals surface area contributed by atoms with E-state index in [9.17, 15) is 0 Å². The number of fused-ring (bicyclic) bond motifs is 8. The Morgan fingerprint density at radius 2 is 0.938 bits per heavy atom. The Morgan fingerprint density at radius 3 is 1.73 bits per heavy atom. The lowest BCUT2D eigenvalue weighted by Crippen LogP contribution is -2.19. The summed E-state index contributed by atoms with van der Waals surface area (Å²) in [6.07, 6.45) is 0. The first-order chi connectivity index (χ1) is 31.7. The first-order valence-corrected chi connectivity index (χ1v) is 21.3. The van der Waals surface area contributed by atoms with E-state index in [-0.39, 0.29) is 0 Å². The van der Waals surface area contributed by atoms with E-state index in [1.54, 1.807) is 0 Å². The number of nitrogens with zero attached hydrogens (tertiary/aromatic N) is 5. The molecule has 0 bridgehead atoms. The van der Waals surface area contributed by atoms with Crippen molar-refractivity contribution in [1.82, 2.24) is 19.5 Å². The van der Waals surface area contributed by atoms with Gasteiger partial charge in [-0.1, -0.05) is 146 Å². The molecule has 12 aromatic rings. The Balaban J connectivity index is 0.911. The Kier molecular flexibility index (Phi) is 8.08. The number of ether oxygens (including phenoxy) is 1. The second-order valence-corrected chi connectivity index (χ2v) is 16.0. The SMILES string of the molecule is c1ccc(-c2nc(-c3ccccc3)nc(N3c4ccccc4Oc4cc(-c5cccc(-c6ccc7c8ccccc8n(-c8ccc9oc%10ccccc%10c9c8)c7c6)c5)ccc43)n2)cc1. The highest BCUT2D eigenvalue weighted by molar-refractivity contribution is 6.11. The highest BCUT2D eigenvalue weighted by atomic mass is 16.5. The summed E-state index contributed by atoms with van der Waals surface area (Å²) < 4.78 is 15.3. The van der Waals surface area contributed by atoms with Crippen molar-refractivity contribution in [2.45, 2.75) is 0 Å². The molecule has 1 aliphatic heterocycles. The molecule has 0 radical (unpaired) electrons. The van der Waals surface area contributed by atoms with Gasteiger partial charge >= 0.3 is 0 Å². The molecule has 0 atom stereocenters. The molecule has 0 saturated carbocycles. The Bertz CT molecular complexity index is 3720. The fraction of sp³-hybridized carbons (Fsp3) is 0. The smallest absolute Gasteiger partial charge is 0.239 e. The normalized spacial score (nSPS) is 12.2. The minimum Gasteiger partial charge on any atom is -0.456 e. The summed E-state index contributed by atoms with van der Waals surface area (Å²) in [5.74, 6) is 3.11. The number of benzene rings is 9. The van der Waals surface area contributed by atoms with Crippen LogP contribution in [0.3, 0.4) is 0 Å². The van der Waals surface area contributed by atoms with E-state index in [1.807, 2.05) is 97.1 Å². The summed E-state index contributed by atoms with van der Waals surface area (Å²) in [6.45, 7) is 0. The van der Waals surface area contributed by atoms with Crippen LogP contribution in [0, 0.1) is 0 Å². The van der Waals surface area contributed by atoms with Crippen molar-refractivity contribution in [2.24, 2.45) is 0 Å². The average molecular weight is 822 g/mol. The maximum atomic E-state index is 6.69. The number of rotatable bonds is 6. The molecule has 0 unspecified atom stereocenters. The van der Waals surface area contributed by atoms with Crippen LogP contribution >= 0.6 is 0 Å². The maximum absolute atomic E-state index is 6.69. The largest absolute Gasteiger partial charge is 0.456 e. The molecule has 0 saturated heterocycles. The quantitative estimate of drug-likeness (QED) is 0.166. The van der Waals surface area contributed by atoms with Gasteiger partial charge in [0.2, 0.25) is 5.95 Å². The predicted octanol–water partition coefficient (Wildman–Crippen LogP) is 15.1. The third-order valence-corrected chi connectivity index (χ3v) is 12.2. The third kappa shape index (κ3) is 5.86. The van der Waals surface area contributed by atoms with E-state index in [0.29, 0.717) is 29.1 Å². The van der Waals surface area contributed by atoms with Gasteiger partial charge in [0.1, 0.15) is 11.2 Å². The lowest BCUT2D eigenvalue weighted by molar-refractivity contribution is 0.476. The number of hydrogen-bond acceptors (Lipinski definition) is 6. The zero-order valence-electron chi connectivity index (χ0n) is 34.3. The van der Waals surface area contributed by atoms with Crippen LogP contribution in [0.25, 0.3) is 94.5 Å². The Morgan fingerprint density at radius 1 is 0.344 bits per heavy atom. The van der Waals surface area contributed by atoms with Crippen molar-refractivity contribution in [2.75, 3.05) is 4.90 Å². The van der Waals surface area contributed by atoms with Crippen LogP contribution in [-0.2, 0) is 0 Å². The Hall–Kier alpha value is -8.81. The van der Waals surface area contributed by atoms with Crippen LogP contribution in [0.15, 0.2) is 217 Å². The van der Waals surface area contributed by atoms with Gasteiger partial charge in [0.25, 0.3) is 0 Å². The highest BCUT2D eigenvalue weighted by Gasteiger charge is 2.29. The number of anilines is 3. The van der Waals surface area contributed by atoms with Crippen LogP contribution < -0.4 is 9.64 Å². The zero-order valence-corrected chi connectivity index (χ0v) is 34.3. The van der Waals surface area contributed by atoms with E-state index in [2.05, 4.69) is 125 Å². The third-order valence-electron chi connectivity index (χ3n) is 12.2. The van der Waals surface area contributed by atoms with Gasteiger partial charge in [0.05, 0.1) is 22.4 Å². The molecule has 300 valence electrons. The van der Waals surface area contributed by atoms with Crippen molar-refractivity contribution in [3.8, 4) is 62.2 Å². The molecule has 0 amide bonds. The molecular formula is C57H35N5O2. The van der Waals surface area contributed by atoms with Crippen molar-refractivity contribution in [3.63, 3.8) is 0 Å². The van der Waals surface area contributed by atoms with Crippen LogP contribution in [0.2, 0.25) is 0 Å². The standard InChI is InChI=1S/C57H35N5O2/c1-3-14-36(15-4-1)55-58-56(37-16-5-2-6-17-37)60-57(59-55)62-48-23-10-12-25-53(48)64-54-34-41(27-30-49(54)62)39-19-13-18-38(32-39)40-26-29-44-43-20-7-9-22-47(43)61(50(44)33-40)42-28-31-52-46(35-42)45-21-8-11-24-51(45)63-52/h1-35H. The molecule has 3 aromatic heterocycles. The van der Waals surface area contributed by atoms with E-state index < -0.39 is 0 Å². The lowest BCUT2D eigenvalue weighted by Gasteiger charge is -2.31. The lowest BCUT2D eigenvalue weighted by atomic mass is 9.97. The summed E-state index contributed by atoms with van der Waals surface area (Å²) in [7, 11) is 0. The molecule has 4 heterocycles. The van der Waals surface area contributed by atoms with Gasteiger partial charge in [-0.3, -0.25) is 4.90 Å². The minimum absolute atomic E-state index is 0.505. The second-order valence-electron chi connectivity index (χ2n) is 16.0. The average Bonchev–Trinajstić information content (AvgIpc) is 3.91. The first-order valence-electron chi connectivity index (χ1n) is 21.3. The zero-order chi connectivity index (χ0) is 42.1. The van der Waals surface area contributed by atoms with Crippen molar-refractivity contribution >= 4 is 61.1 Å². The summed E-state index contributed by atoms with van der Waals surface area (Å²) in [5, 5.41) is 4.63. The summed E-state index contributed by atoms with van der Waals surface area (Å²) in [5.41, 5.74) is 13.0. The minimum atomic E-state index is 0.505. The van der Waals surface area contributed by atoms with Gasteiger partial charge in [-0.2, -0.15) is 9.97 Å². The Labute approximate surface area is 367 Å². The molecule has 0 spiro atoms. The maximum Gasteiger partial charge on any atom is 0.239 e. The number of aromatic nitrogens is 4. The van der Waals surface area contributed by atoms with E-state index in [0.717, 1.165) is 83.4 Å². The van der Waals surface area contributed by atoms with E-state index in [4.69, 9.17) is 24.1 Å². The van der Waals surface area contributed by atoms with E-state index in [1.165, 1.54) is 10.8 Å². The van der Waals surface area contributed by atoms with Gasteiger partial charge in [0, 0.05) is 38.4 Å². The monoisotopic (exact) mass is 821 g/mol. The highest BCUT2D eigenvalue weighted by Crippen LogP contribution is 2.51. The fourth-order valence-corrected chi connectivity index (χ4v) is 9.21. The molecule has 0 aliphatic carbocycles. The van der Waals surface area contributed by atoms with Gasteiger partial charge in [-0.25, -0.2) is 4.98 Å². The van der Waals surface area contributed by atoms with Gasteiger partial charge in [-0.15, -0.1) is 0 Å². The summed E-state index contributed by atoms with van der Waals surface area (Å²) >= 11 is 0. The molecule has 7 heteroatoms. The second kappa shape index (κ2) is 14.4. The molecule has 0 N–H and O–H groups in total. The molecular weight excluding hydrogens is 787 g/mol. The van der Waals surface area contributed by atoms with E-state index >= 15 is 0 Å². The first kappa shape index (κ1) is 35.9. The van der Waals surface area contributed by atoms with Gasteiger partial charge in [0.15, 0.2) is 23.1 Å². The molecule has 9 aromatic carbocycles. The van der Waals surface area contributed by atoms with Crippen LogP contribution in [0.5, 0.6) is 11.5 Å². The topological polar surface area (TPSA) is 69.2 Å². The molecule has 0 fully saturated rings. The molecule has 7 nitrogen and oxygen atoms in total. The summed E-state index contributed by atoms with van der Waals surface area (Å²) in [4.78, 5) is 17.2. The fourth-order valence-electron chi connectivity index (χ4n) is 9.21. The molecule has 1 aliphatic rings. The van der Waals surface area contributed by atoms with Gasteiger partial charge < -0.3 is 13.7 Å². The molecule has 64 heavy (non-hydrogen) atoms.